The Bertz CT molecular complexity index is 416. The number of benzene rings is 1. The number of carbonyl (C=O) groups excluding carboxylic acids is 1. The van der Waals surface area contributed by atoms with Crippen LogP contribution in [0.2, 0.25) is 0 Å². The van der Waals surface area contributed by atoms with Gasteiger partial charge in [-0.05, 0) is 12.6 Å². The van der Waals surface area contributed by atoms with E-state index in [-0.39, 0.29) is 11.9 Å². The van der Waals surface area contributed by atoms with E-state index in [0.29, 0.717) is 6.54 Å². The van der Waals surface area contributed by atoms with E-state index in [4.69, 9.17) is 4.74 Å². The van der Waals surface area contributed by atoms with Crippen molar-refractivity contribution in [1.29, 1.82) is 0 Å². The fourth-order valence-electron chi connectivity index (χ4n) is 2.35. The average Bonchev–Trinajstić information content (AvgIpc) is 2.50. The lowest BCUT2D eigenvalue weighted by molar-refractivity contribution is -0.142. The van der Waals surface area contributed by atoms with Crippen LogP contribution in [-0.2, 0) is 9.53 Å². The minimum atomic E-state index is -0.263. The predicted molar refractivity (Wildman–Crippen MR) is 78.3 cm³/mol. The van der Waals surface area contributed by atoms with Crippen LogP contribution in [0.3, 0.4) is 0 Å². The quantitative estimate of drug-likeness (QED) is 0.803. The molecule has 0 saturated carbocycles. The lowest BCUT2D eigenvalue weighted by Gasteiger charge is -2.33. The number of ether oxygens (including phenoxy) is 1. The summed E-state index contributed by atoms with van der Waals surface area (Å²) in [5.74, 6) is -0.460. The number of hydrogen-bond donors (Lipinski definition) is 1. The highest BCUT2D eigenvalue weighted by Gasteiger charge is 2.22. The van der Waals surface area contributed by atoms with Gasteiger partial charge in [0.05, 0.1) is 13.0 Å². The van der Waals surface area contributed by atoms with Gasteiger partial charge in [-0.25, -0.2) is 5.01 Å². The van der Waals surface area contributed by atoms with E-state index < -0.39 is 0 Å². The van der Waals surface area contributed by atoms with Crippen molar-refractivity contribution in [1.82, 2.24) is 15.3 Å². The SMILES string of the molecule is COC(=O)C(CNN1CCN(C)CC1)c1ccccc1. The highest BCUT2D eigenvalue weighted by Crippen LogP contribution is 2.16. The fourth-order valence-corrected chi connectivity index (χ4v) is 2.35. The van der Waals surface area contributed by atoms with E-state index in [0.717, 1.165) is 31.7 Å². The van der Waals surface area contributed by atoms with Crippen LogP contribution in [-0.4, -0.2) is 62.8 Å². The van der Waals surface area contributed by atoms with Gasteiger partial charge in [-0.2, -0.15) is 0 Å². The zero-order valence-electron chi connectivity index (χ0n) is 12.2. The Kier molecular flexibility index (Phi) is 5.52. The molecule has 1 unspecified atom stereocenters. The normalized spacial score (nSPS) is 18.7. The predicted octanol–water partition coefficient (Wildman–Crippen LogP) is 0.695. The number of nitrogens with one attached hydrogen (secondary N) is 1. The second kappa shape index (κ2) is 7.38. The number of methoxy groups -OCH3 is 1. The number of piperazine rings is 1. The monoisotopic (exact) mass is 277 g/mol. The van der Waals surface area contributed by atoms with Gasteiger partial charge in [0.25, 0.3) is 0 Å². The third kappa shape index (κ3) is 4.03. The molecule has 0 spiro atoms. The first-order valence-electron chi connectivity index (χ1n) is 7.00. The molecule has 1 aliphatic rings. The maximum atomic E-state index is 11.9. The Balaban J connectivity index is 1.93. The number of hydrogen-bond acceptors (Lipinski definition) is 5. The summed E-state index contributed by atoms with van der Waals surface area (Å²) in [4.78, 5) is 14.2. The molecule has 1 aromatic rings. The minimum absolute atomic E-state index is 0.196. The minimum Gasteiger partial charge on any atom is -0.469 e. The van der Waals surface area contributed by atoms with Crippen molar-refractivity contribution < 1.29 is 9.53 Å². The Labute approximate surface area is 120 Å². The van der Waals surface area contributed by atoms with Gasteiger partial charge in [0.15, 0.2) is 0 Å². The zero-order chi connectivity index (χ0) is 14.4. The summed E-state index contributed by atoms with van der Waals surface area (Å²) in [6.07, 6.45) is 0. The van der Waals surface area contributed by atoms with Crippen molar-refractivity contribution in [2.24, 2.45) is 0 Å². The van der Waals surface area contributed by atoms with E-state index in [9.17, 15) is 4.79 Å². The van der Waals surface area contributed by atoms with Gasteiger partial charge < -0.3 is 9.64 Å². The third-order valence-corrected chi connectivity index (χ3v) is 3.71. The first-order chi connectivity index (χ1) is 9.70. The largest absolute Gasteiger partial charge is 0.469 e. The van der Waals surface area contributed by atoms with Crippen molar-refractivity contribution >= 4 is 5.97 Å². The van der Waals surface area contributed by atoms with Crippen molar-refractivity contribution in [3.8, 4) is 0 Å². The molecular weight excluding hydrogens is 254 g/mol. The van der Waals surface area contributed by atoms with Crippen molar-refractivity contribution in [3.63, 3.8) is 0 Å². The number of likely N-dealkylation sites (N-methyl/N-ethyl adjacent to an activating group) is 1. The van der Waals surface area contributed by atoms with Crippen molar-refractivity contribution in [2.45, 2.75) is 5.92 Å². The van der Waals surface area contributed by atoms with E-state index in [1.165, 1.54) is 7.11 Å². The molecule has 0 aliphatic carbocycles. The topological polar surface area (TPSA) is 44.8 Å². The molecule has 5 nitrogen and oxygen atoms in total. The molecule has 2 rings (SSSR count). The van der Waals surface area contributed by atoms with Crippen LogP contribution < -0.4 is 5.43 Å². The Morgan fingerprint density at radius 1 is 1.25 bits per heavy atom. The smallest absolute Gasteiger partial charge is 0.314 e. The summed E-state index contributed by atoms with van der Waals surface area (Å²) in [5, 5.41) is 2.18. The Hall–Kier alpha value is -1.43. The van der Waals surface area contributed by atoms with Gasteiger partial charge in [0, 0.05) is 32.7 Å². The van der Waals surface area contributed by atoms with Crippen LogP contribution in [0.4, 0.5) is 0 Å². The lowest BCUT2D eigenvalue weighted by atomic mass is 9.99. The van der Waals surface area contributed by atoms with Crippen molar-refractivity contribution in [2.75, 3.05) is 46.9 Å². The maximum absolute atomic E-state index is 11.9. The molecule has 5 heteroatoms. The van der Waals surface area contributed by atoms with Crippen LogP contribution in [0.15, 0.2) is 30.3 Å². The molecule has 1 aromatic carbocycles. The van der Waals surface area contributed by atoms with Gasteiger partial charge >= 0.3 is 5.97 Å². The van der Waals surface area contributed by atoms with Gasteiger partial charge in [-0.3, -0.25) is 10.2 Å². The molecule has 1 fully saturated rings. The molecule has 20 heavy (non-hydrogen) atoms. The molecular formula is C15H23N3O2. The third-order valence-electron chi connectivity index (χ3n) is 3.71. The summed E-state index contributed by atoms with van der Waals surface area (Å²) >= 11 is 0. The molecule has 0 radical (unpaired) electrons. The highest BCUT2D eigenvalue weighted by atomic mass is 16.5. The molecule has 1 N–H and O–H groups in total. The van der Waals surface area contributed by atoms with Crippen molar-refractivity contribution in [3.05, 3.63) is 35.9 Å². The Morgan fingerprint density at radius 2 is 1.90 bits per heavy atom. The fraction of sp³-hybridized carbons (Fsp3) is 0.533. The number of hydrazine groups is 1. The molecule has 1 atom stereocenters. The number of nitrogens with zero attached hydrogens (tertiary/aromatic N) is 2. The highest BCUT2D eigenvalue weighted by molar-refractivity contribution is 5.78. The standard InChI is InChI=1S/C15H23N3O2/c1-17-8-10-18(11-9-17)16-12-14(15(19)20-2)13-6-4-3-5-7-13/h3-7,14,16H,8-12H2,1-2H3. The molecule has 1 heterocycles. The van der Waals surface area contributed by atoms with Gasteiger partial charge in [0.1, 0.15) is 0 Å². The van der Waals surface area contributed by atoms with Crippen LogP contribution in [0.25, 0.3) is 0 Å². The molecule has 0 aromatic heterocycles. The van der Waals surface area contributed by atoms with Gasteiger partial charge in [0.2, 0.25) is 0 Å². The number of carbonyl (C=O) groups is 1. The molecule has 0 bridgehead atoms. The number of rotatable bonds is 5. The molecule has 1 saturated heterocycles. The zero-order valence-corrected chi connectivity index (χ0v) is 12.2. The molecule has 1 aliphatic heterocycles. The first kappa shape index (κ1) is 15.0. The van der Waals surface area contributed by atoms with Crippen LogP contribution in [0, 0.1) is 0 Å². The summed E-state index contributed by atoms with van der Waals surface area (Å²) in [5.41, 5.74) is 4.35. The summed E-state index contributed by atoms with van der Waals surface area (Å²) in [6.45, 7) is 4.60. The van der Waals surface area contributed by atoms with Gasteiger partial charge in [-0.1, -0.05) is 30.3 Å². The van der Waals surface area contributed by atoms with E-state index in [1.54, 1.807) is 0 Å². The first-order valence-corrected chi connectivity index (χ1v) is 7.00. The van der Waals surface area contributed by atoms with E-state index in [2.05, 4.69) is 22.4 Å². The number of esters is 1. The van der Waals surface area contributed by atoms with Crippen LogP contribution >= 0.6 is 0 Å². The average molecular weight is 277 g/mol. The second-order valence-corrected chi connectivity index (χ2v) is 5.14. The van der Waals surface area contributed by atoms with Gasteiger partial charge in [-0.15, -0.1) is 0 Å². The molecule has 110 valence electrons. The second-order valence-electron chi connectivity index (χ2n) is 5.14. The van der Waals surface area contributed by atoms with Crippen LogP contribution in [0.5, 0.6) is 0 Å². The summed E-state index contributed by atoms with van der Waals surface area (Å²) in [6, 6.07) is 9.77. The summed E-state index contributed by atoms with van der Waals surface area (Å²) in [7, 11) is 3.56. The molecule has 0 amide bonds. The van der Waals surface area contributed by atoms with E-state index in [1.807, 2.05) is 30.3 Å². The summed E-state index contributed by atoms with van der Waals surface area (Å²) < 4.78 is 4.92. The van der Waals surface area contributed by atoms with E-state index >= 15 is 0 Å². The van der Waals surface area contributed by atoms with Crippen LogP contribution in [0.1, 0.15) is 11.5 Å². The Morgan fingerprint density at radius 3 is 2.50 bits per heavy atom. The lowest BCUT2D eigenvalue weighted by Crippen LogP contribution is -2.52. The maximum Gasteiger partial charge on any atom is 0.314 e.